The molecule has 3 aliphatic rings. The van der Waals surface area contributed by atoms with Crippen molar-refractivity contribution in [2.75, 3.05) is 39.3 Å². The Morgan fingerprint density at radius 1 is 0.929 bits per heavy atom. The Morgan fingerprint density at radius 2 is 1.57 bits per heavy atom. The van der Waals surface area contributed by atoms with Gasteiger partial charge in [0.1, 0.15) is 11.6 Å². The molecule has 0 saturated carbocycles. The number of carbonyl (C=O) groups excluding carboxylic acids is 2. The number of hydrogen-bond donors (Lipinski definition) is 0. The maximum absolute atomic E-state index is 14.1. The second-order valence-corrected chi connectivity index (χ2v) is 14.5. The maximum Gasteiger partial charge on any atom is 0.232 e. The van der Waals surface area contributed by atoms with Crippen molar-refractivity contribution in [2.45, 2.75) is 83.6 Å². The van der Waals surface area contributed by atoms with Crippen molar-refractivity contribution in [3.05, 3.63) is 64.7 Å². The van der Waals surface area contributed by atoms with Crippen LogP contribution in [0.2, 0.25) is 0 Å². The van der Waals surface area contributed by atoms with Crippen molar-refractivity contribution in [1.29, 1.82) is 0 Å². The van der Waals surface area contributed by atoms with E-state index >= 15 is 0 Å². The Labute approximate surface area is 253 Å². The van der Waals surface area contributed by atoms with E-state index in [2.05, 4.69) is 41.8 Å². The van der Waals surface area contributed by atoms with E-state index in [1.54, 1.807) is 11.0 Å². The number of likely N-dealkylation sites (tertiary alicyclic amines) is 3. The summed E-state index contributed by atoms with van der Waals surface area (Å²) in [5.41, 5.74) is 2.16. The van der Waals surface area contributed by atoms with E-state index in [0.29, 0.717) is 24.9 Å². The zero-order valence-corrected chi connectivity index (χ0v) is 27.3. The largest absolute Gasteiger partial charge is 0.345 e. The lowest BCUT2D eigenvalue weighted by Gasteiger charge is -2.39. The predicted molar refractivity (Wildman–Crippen MR) is 169 cm³/mol. The summed E-state index contributed by atoms with van der Waals surface area (Å²) in [7, 11) is 2.55. The van der Waals surface area contributed by atoms with Crippen molar-refractivity contribution in [3.63, 3.8) is 0 Å². The zero-order valence-electron chi connectivity index (χ0n) is 26.1. The van der Waals surface area contributed by atoms with Crippen LogP contribution in [0.3, 0.4) is 0 Å². The molecule has 8 heteroatoms. The first-order chi connectivity index (χ1) is 19.7. The van der Waals surface area contributed by atoms with Crippen LogP contribution >= 0.6 is 9.24 Å². The third-order valence-electron chi connectivity index (χ3n) is 9.47. The molecule has 0 N–H and O–H groups in total. The van der Waals surface area contributed by atoms with E-state index in [1.807, 2.05) is 36.9 Å². The lowest BCUT2D eigenvalue weighted by atomic mass is 9.75. The van der Waals surface area contributed by atoms with Gasteiger partial charge in [0.15, 0.2) is 0 Å². The summed E-state index contributed by atoms with van der Waals surface area (Å²) in [5.74, 6) is 0.800. The number of benzene rings is 2. The molecule has 3 atom stereocenters. The van der Waals surface area contributed by atoms with Gasteiger partial charge in [-0.2, -0.15) is 0 Å². The molecule has 3 aliphatic heterocycles. The van der Waals surface area contributed by atoms with Gasteiger partial charge >= 0.3 is 0 Å². The second kappa shape index (κ2) is 13.1. The summed E-state index contributed by atoms with van der Waals surface area (Å²) >= 11 is 0. The quantitative estimate of drug-likeness (QED) is 0.321. The number of nitrogens with zero attached hydrogens (tertiary/aromatic N) is 3. The topological polar surface area (TPSA) is 43.9 Å². The van der Waals surface area contributed by atoms with E-state index in [0.717, 1.165) is 73.8 Å². The molecule has 0 aromatic heterocycles. The van der Waals surface area contributed by atoms with Crippen molar-refractivity contribution in [2.24, 2.45) is 5.92 Å². The standard InChI is InChI=1S/C19H25FN2O2.C15H23FNP/c1-19(2,18(24)22-8-3-9-22)17-12-15(20)4-5-16(17)14-6-10-21(13-23)11-7-14;1-10-8-17(15(2,3)4)9-13(10)12-6-5-11(18)7-14(12)16/h4-5,12-14H,3,6-11H2,1-2H3;5-7,10,13H,8-9,18H2,1-4H3/t;10?,13-/m.1/s1. The number of rotatable bonds is 5. The van der Waals surface area contributed by atoms with E-state index in [4.69, 9.17) is 0 Å². The molecule has 0 spiro atoms. The minimum Gasteiger partial charge on any atom is -0.345 e. The van der Waals surface area contributed by atoms with Crippen molar-refractivity contribution in [1.82, 2.24) is 14.7 Å². The van der Waals surface area contributed by atoms with Crippen LogP contribution in [0.1, 0.15) is 89.3 Å². The summed E-state index contributed by atoms with van der Waals surface area (Å²) in [4.78, 5) is 29.8. The average Bonchev–Trinajstić information content (AvgIpc) is 3.30. The highest BCUT2D eigenvalue weighted by atomic mass is 31.0. The molecule has 5 rings (SSSR count). The monoisotopic (exact) mass is 599 g/mol. The smallest absolute Gasteiger partial charge is 0.232 e. The third kappa shape index (κ3) is 7.22. The molecule has 2 unspecified atom stereocenters. The minimum atomic E-state index is -0.736. The Kier molecular flexibility index (Phi) is 10.1. The first kappa shape index (κ1) is 32.5. The van der Waals surface area contributed by atoms with Crippen LogP contribution in [0, 0.1) is 17.6 Å². The third-order valence-corrected chi connectivity index (χ3v) is 9.83. The fourth-order valence-electron chi connectivity index (χ4n) is 6.53. The van der Waals surface area contributed by atoms with Gasteiger partial charge in [-0.05, 0) is 106 Å². The van der Waals surface area contributed by atoms with Crippen molar-refractivity contribution < 1.29 is 18.4 Å². The van der Waals surface area contributed by atoms with Gasteiger partial charge in [0.05, 0.1) is 5.41 Å². The number of piperidine rings is 1. The predicted octanol–water partition coefficient (Wildman–Crippen LogP) is 5.83. The Bertz CT molecular complexity index is 1270. The van der Waals surface area contributed by atoms with E-state index in [-0.39, 0.29) is 29.0 Å². The fourth-order valence-corrected chi connectivity index (χ4v) is 6.78. The SMILES string of the molecule is CC(C)(C(=O)N1CCC1)c1cc(F)ccc1C1CCN(C=O)CC1.CC1CN(C(C)(C)C)C[C@H]1c1ccc(P)cc1F. The second-order valence-electron chi connectivity index (χ2n) is 13.9. The Hall–Kier alpha value is -2.37. The van der Waals surface area contributed by atoms with Gasteiger partial charge in [0.2, 0.25) is 12.3 Å². The minimum absolute atomic E-state index is 0.0601. The summed E-state index contributed by atoms with van der Waals surface area (Å²) in [6, 6.07) is 10.4. The first-order valence-electron chi connectivity index (χ1n) is 15.3. The molecular weight excluding hydrogens is 551 g/mol. The van der Waals surface area contributed by atoms with Crippen LogP contribution in [0.15, 0.2) is 36.4 Å². The van der Waals surface area contributed by atoms with Gasteiger partial charge < -0.3 is 9.80 Å². The lowest BCUT2D eigenvalue weighted by Crippen LogP contribution is -2.50. The summed E-state index contributed by atoms with van der Waals surface area (Å²) < 4.78 is 28.0. The molecule has 5 nitrogen and oxygen atoms in total. The molecule has 230 valence electrons. The summed E-state index contributed by atoms with van der Waals surface area (Å²) in [5, 5.41) is 0.912. The van der Waals surface area contributed by atoms with Crippen LogP contribution in [0.25, 0.3) is 0 Å². The average molecular weight is 600 g/mol. The normalized spacial score (nSPS) is 21.9. The van der Waals surface area contributed by atoms with Gasteiger partial charge in [0.25, 0.3) is 0 Å². The molecule has 3 fully saturated rings. The highest BCUT2D eigenvalue weighted by Gasteiger charge is 2.39. The Morgan fingerprint density at radius 3 is 2.10 bits per heavy atom. The van der Waals surface area contributed by atoms with E-state index in [1.165, 1.54) is 12.1 Å². The summed E-state index contributed by atoms with van der Waals surface area (Å²) in [6.45, 7) is 17.7. The number of carbonyl (C=O) groups is 2. The molecule has 0 bridgehead atoms. The van der Waals surface area contributed by atoms with Crippen molar-refractivity contribution >= 4 is 26.9 Å². The molecule has 2 aromatic carbocycles. The van der Waals surface area contributed by atoms with Gasteiger partial charge in [0, 0.05) is 50.7 Å². The maximum atomic E-state index is 14.1. The van der Waals surface area contributed by atoms with E-state index in [9.17, 15) is 18.4 Å². The van der Waals surface area contributed by atoms with Crippen LogP contribution in [-0.2, 0) is 15.0 Å². The summed E-state index contributed by atoms with van der Waals surface area (Å²) in [6.07, 6.45) is 3.64. The van der Waals surface area contributed by atoms with Crippen LogP contribution in [0.5, 0.6) is 0 Å². The number of amides is 2. The van der Waals surface area contributed by atoms with Gasteiger partial charge in [-0.15, -0.1) is 9.24 Å². The fraction of sp³-hybridized carbons (Fsp3) is 0.588. The molecule has 2 aromatic rings. The van der Waals surface area contributed by atoms with Gasteiger partial charge in [-0.25, -0.2) is 8.78 Å². The first-order valence-corrected chi connectivity index (χ1v) is 15.9. The Balaban J connectivity index is 0.000000201. The molecular formula is C34H48F2N3O2P. The van der Waals surface area contributed by atoms with Crippen molar-refractivity contribution in [3.8, 4) is 0 Å². The highest BCUT2D eigenvalue weighted by Crippen LogP contribution is 2.38. The molecule has 42 heavy (non-hydrogen) atoms. The van der Waals surface area contributed by atoms with E-state index < -0.39 is 5.41 Å². The van der Waals surface area contributed by atoms with Gasteiger partial charge in [-0.1, -0.05) is 25.1 Å². The van der Waals surface area contributed by atoms with Crippen LogP contribution in [0.4, 0.5) is 8.78 Å². The molecule has 0 radical (unpaired) electrons. The number of halogens is 2. The van der Waals surface area contributed by atoms with Gasteiger partial charge in [-0.3, -0.25) is 14.5 Å². The van der Waals surface area contributed by atoms with Crippen LogP contribution < -0.4 is 5.30 Å². The number of hydrogen-bond acceptors (Lipinski definition) is 3. The lowest BCUT2D eigenvalue weighted by molar-refractivity contribution is -0.139. The zero-order chi connectivity index (χ0) is 30.8. The molecule has 2 amide bonds. The molecule has 3 saturated heterocycles. The van der Waals surface area contributed by atoms with Crippen LogP contribution in [-0.4, -0.2) is 71.8 Å². The molecule has 0 aliphatic carbocycles. The highest BCUT2D eigenvalue weighted by molar-refractivity contribution is 7.27. The molecule has 3 heterocycles.